The van der Waals surface area contributed by atoms with Gasteiger partial charge in [0, 0.05) is 43.2 Å². The third kappa shape index (κ3) is 5.61. The van der Waals surface area contributed by atoms with E-state index in [1.807, 2.05) is 6.07 Å². The summed E-state index contributed by atoms with van der Waals surface area (Å²) in [4.78, 5) is 6.99. The fourth-order valence-corrected chi connectivity index (χ4v) is 4.15. The second-order valence-corrected chi connectivity index (χ2v) is 8.46. The first-order chi connectivity index (χ1) is 15.6. The molecule has 1 fully saturated rings. The van der Waals surface area contributed by atoms with Gasteiger partial charge in [0.05, 0.1) is 20.3 Å². The predicted molar refractivity (Wildman–Crippen MR) is 132 cm³/mol. The van der Waals surface area contributed by atoms with Crippen LogP contribution in [0.2, 0.25) is 0 Å². The molecule has 0 aromatic heterocycles. The molecule has 0 spiro atoms. The van der Waals surface area contributed by atoms with Gasteiger partial charge >= 0.3 is 0 Å². The Morgan fingerprint density at radius 3 is 2.19 bits per heavy atom. The Kier molecular flexibility index (Phi) is 7.30. The maximum absolute atomic E-state index is 5.55. The highest BCUT2D eigenvalue weighted by atomic mass is 16.5. The first kappa shape index (κ1) is 22.2. The molecule has 0 radical (unpaired) electrons. The Morgan fingerprint density at radius 2 is 1.47 bits per heavy atom. The molecular weight excluding hydrogens is 398 g/mol. The Hall–Kier alpha value is -3.02. The zero-order valence-electron chi connectivity index (χ0n) is 19.3. The van der Waals surface area contributed by atoms with Crippen molar-refractivity contribution in [1.29, 1.82) is 0 Å². The van der Waals surface area contributed by atoms with Crippen molar-refractivity contribution in [3.63, 3.8) is 0 Å². The van der Waals surface area contributed by atoms with Crippen molar-refractivity contribution in [3.8, 4) is 5.75 Å². The summed E-state index contributed by atoms with van der Waals surface area (Å²) in [5.41, 5.74) is 6.11. The number of benzene rings is 3. The van der Waals surface area contributed by atoms with Crippen molar-refractivity contribution >= 4 is 17.1 Å². The largest absolute Gasteiger partial charge is 0.497 e. The van der Waals surface area contributed by atoms with Crippen LogP contribution in [-0.2, 0) is 17.8 Å². The van der Waals surface area contributed by atoms with Crippen LogP contribution in [-0.4, -0.2) is 52.4 Å². The lowest BCUT2D eigenvalue weighted by Gasteiger charge is -2.31. The third-order valence-electron chi connectivity index (χ3n) is 5.71. The van der Waals surface area contributed by atoms with E-state index in [0.29, 0.717) is 0 Å². The van der Waals surface area contributed by atoms with Gasteiger partial charge in [-0.1, -0.05) is 30.3 Å². The van der Waals surface area contributed by atoms with Crippen molar-refractivity contribution in [2.24, 2.45) is 0 Å². The molecule has 32 heavy (non-hydrogen) atoms. The number of hydrogen-bond acceptors (Lipinski definition) is 5. The van der Waals surface area contributed by atoms with Gasteiger partial charge in [-0.2, -0.15) is 0 Å². The van der Waals surface area contributed by atoms with E-state index in [9.17, 15) is 0 Å². The average molecular weight is 432 g/mol. The second-order valence-electron chi connectivity index (χ2n) is 8.46. The van der Waals surface area contributed by atoms with Crippen LogP contribution in [0, 0.1) is 0 Å². The Bertz CT molecular complexity index is 1020. The van der Waals surface area contributed by atoms with Gasteiger partial charge in [-0.3, -0.25) is 0 Å². The zero-order valence-corrected chi connectivity index (χ0v) is 19.3. The summed E-state index contributed by atoms with van der Waals surface area (Å²) >= 11 is 0. The van der Waals surface area contributed by atoms with Gasteiger partial charge in [0.25, 0.3) is 0 Å². The summed E-state index contributed by atoms with van der Waals surface area (Å²) < 4.78 is 11.0. The van der Waals surface area contributed by atoms with E-state index in [4.69, 9.17) is 9.47 Å². The normalized spacial score (nSPS) is 13.9. The minimum absolute atomic E-state index is 0.759. The number of methoxy groups -OCH3 is 1. The summed E-state index contributed by atoms with van der Waals surface area (Å²) in [5.74, 6) is 0.880. The number of morpholine rings is 1. The third-order valence-corrected chi connectivity index (χ3v) is 5.71. The van der Waals surface area contributed by atoms with E-state index in [0.717, 1.165) is 45.1 Å². The average Bonchev–Trinajstić information content (AvgIpc) is 2.83. The summed E-state index contributed by atoms with van der Waals surface area (Å²) in [6.45, 7) is 5.09. The van der Waals surface area contributed by atoms with Crippen molar-refractivity contribution in [1.82, 2.24) is 4.90 Å². The molecule has 0 aliphatic carbocycles. The maximum atomic E-state index is 5.55. The standard InChI is InChI=1S/C27H33N3O2/c1-28(2)20-22-7-4-10-25(17-22)30(21-23-8-5-12-27(18-23)31-3)26-11-6-9-24(19-26)29-13-15-32-16-14-29/h4-12,17-19H,13-16,20-21H2,1-3H3. The van der Waals surface area contributed by atoms with Gasteiger partial charge in [-0.15, -0.1) is 0 Å². The van der Waals surface area contributed by atoms with Gasteiger partial charge in [-0.05, 0) is 67.7 Å². The van der Waals surface area contributed by atoms with Crippen LogP contribution in [0.3, 0.4) is 0 Å². The molecule has 0 bridgehead atoms. The number of nitrogens with zero attached hydrogens (tertiary/aromatic N) is 3. The molecule has 4 rings (SSSR count). The monoisotopic (exact) mass is 431 g/mol. The van der Waals surface area contributed by atoms with E-state index >= 15 is 0 Å². The van der Waals surface area contributed by atoms with Crippen LogP contribution in [0.15, 0.2) is 72.8 Å². The van der Waals surface area contributed by atoms with E-state index in [-0.39, 0.29) is 0 Å². The molecule has 1 aliphatic rings. The van der Waals surface area contributed by atoms with Crippen LogP contribution in [0.4, 0.5) is 17.1 Å². The fourth-order valence-electron chi connectivity index (χ4n) is 4.15. The summed E-state index contributed by atoms with van der Waals surface area (Å²) in [6, 6.07) is 26.0. The Morgan fingerprint density at radius 1 is 0.812 bits per heavy atom. The van der Waals surface area contributed by atoms with Crippen LogP contribution in [0.25, 0.3) is 0 Å². The van der Waals surface area contributed by atoms with Gasteiger partial charge < -0.3 is 24.2 Å². The highest BCUT2D eigenvalue weighted by molar-refractivity contribution is 5.68. The first-order valence-corrected chi connectivity index (χ1v) is 11.2. The molecule has 0 saturated carbocycles. The Labute approximate surface area is 191 Å². The number of anilines is 3. The fraction of sp³-hybridized carbons (Fsp3) is 0.333. The topological polar surface area (TPSA) is 28.2 Å². The molecule has 5 heteroatoms. The highest BCUT2D eigenvalue weighted by Gasteiger charge is 2.16. The lowest BCUT2D eigenvalue weighted by molar-refractivity contribution is 0.122. The van der Waals surface area contributed by atoms with Crippen LogP contribution < -0.4 is 14.5 Å². The van der Waals surface area contributed by atoms with Crippen LogP contribution >= 0.6 is 0 Å². The zero-order chi connectivity index (χ0) is 22.3. The number of hydrogen-bond donors (Lipinski definition) is 0. The van der Waals surface area contributed by atoms with Gasteiger partial charge in [0.2, 0.25) is 0 Å². The van der Waals surface area contributed by atoms with Gasteiger partial charge in [0.15, 0.2) is 0 Å². The number of rotatable bonds is 8. The molecular formula is C27H33N3O2. The lowest BCUT2D eigenvalue weighted by atomic mass is 10.1. The molecule has 1 aliphatic heterocycles. The van der Waals surface area contributed by atoms with E-state index in [1.165, 1.54) is 28.2 Å². The molecule has 0 atom stereocenters. The Balaban J connectivity index is 1.70. The summed E-state index contributed by atoms with van der Waals surface area (Å²) in [6.07, 6.45) is 0. The maximum Gasteiger partial charge on any atom is 0.119 e. The molecule has 1 heterocycles. The van der Waals surface area contributed by atoms with Gasteiger partial charge in [-0.25, -0.2) is 0 Å². The van der Waals surface area contributed by atoms with Crippen LogP contribution in [0.1, 0.15) is 11.1 Å². The molecule has 0 N–H and O–H groups in total. The van der Waals surface area contributed by atoms with Crippen molar-refractivity contribution < 1.29 is 9.47 Å². The predicted octanol–water partition coefficient (Wildman–Crippen LogP) is 4.93. The van der Waals surface area contributed by atoms with Crippen molar-refractivity contribution in [2.45, 2.75) is 13.1 Å². The van der Waals surface area contributed by atoms with E-state index in [2.05, 4.69) is 95.5 Å². The lowest BCUT2D eigenvalue weighted by Crippen LogP contribution is -2.36. The summed E-state index contributed by atoms with van der Waals surface area (Å²) in [7, 11) is 5.92. The summed E-state index contributed by atoms with van der Waals surface area (Å²) in [5, 5.41) is 0. The quantitative estimate of drug-likeness (QED) is 0.504. The minimum atomic E-state index is 0.759. The smallest absolute Gasteiger partial charge is 0.119 e. The first-order valence-electron chi connectivity index (χ1n) is 11.2. The minimum Gasteiger partial charge on any atom is -0.497 e. The molecule has 5 nitrogen and oxygen atoms in total. The van der Waals surface area contributed by atoms with E-state index < -0.39 is 0 Å². The molecule has 3 aromatic rings. The molecule has 0 amide bonds. The molecule has 168 valence electrons. The molecule has 1 saturated heterocycles. The van der Waals surface area contributed by atoms with Crippen molar-refractivity contribution in [3.05, 3.63) is 83.9 Å². The van der Waals surface area contributed by atoms with Gasteiger partial charge in [0.1, 0.15) is 5.75 Å². The second kappa shape index (κ2) is 10.5. The van der Waals surface area contributed by atoms with Crippen LogP contribution in [0.5, 0.6) is 5.75 Å². The number of ether oxygens (including phenoxy) is 2. The van der Waals surface area contributed by atoms with E-state index in [1.54, 1.807) is 7.11 Å². The molecule has 0 unspecified atom stereocenters. The SMILES string of the molecule is COc1cccc(CN(c2cccc(CN(C)C)c2)c2cccc(N3CCOCC3)c2)c1. The van der Waals surface area contributed by atoms with Crippen molar-refractivity contribution in [2.75, 3.05) is 57.3 Å². The molecule has 3 aromatic carbocycles. The highest BCUT2D eigenvalue weighted by Crippen LogP contribution is 2.32.